The number of pyridine rings is 5. The fourth-order valence-electron chi connectivity index (χ4n) is 12.9. The number of anilines is 15. The van der Waals surface area contributed by atoms with Gasteiger partial charge in [-0.2, -0.15) is 24.9 Å². The van der Waals surface area contributed by atoms with Crippen molar-refractivity contribution in [3.63, 3.8) is 0 Å². The number of aromatic nitrogens is 18. The van der Waals surface area contributed by atoms with E-state index >= 15 is 0 Å². The third-order valence-corrected chi connectivity index (χ3v) is 21.9. The summed E-state index contributed by atoms with van der Waals surface area (Å²) in [5.74, 6) is 4.35. The summed E-state index contributed by atoms with van der Waals surface area (Å²) in [6.45, 7) is 7.57. The maximum atomic E-state index is 6.39. The van der Waals surface area contributed by atoms with E-state index in [-0.39, 0.29) is 29.7 Å². The lowest BCUT2D eigenvalue weighted by atomic mass is 10.2. The summed E-state index contributed by atoms with van der Waals surface area (Å²) in [7, 11) is 0. The normalized spacial score (nSPS) is 10.8. The van der Waals surface area contributed by atoms with Crippen molar-refractivity contribution in [2.45, 2.75) is 53.7 Å². The van der Waals surface area contributed by atoms with Gasteiger partial charge in [0.2, 0.25) is 29.7 Å². The van der Waals surface area contributed by atoms with Crippen LogP contribution in [0.25, 0.3) is 60.7 Å². The smallest absolute Gasteiger partial charge is 0.222 e. The van der Waals surface area contributed by atoms with Crippen molar-refractivity contribution in [2.75, 3.05) is 55.3 Å². The molecule has 28 nitrogen and oxygen atoms in total. The molecule has 19 rings (SSSR count). The van der Waals surface area contributed by atoms with E-state index < -0.39 is 0 Å². The second-order valence-electron chi connectivity index (χ2n) is 27.2. The molecule has 13 heterocycles. The molecule has 0 fully saturated rings. The van der Waals surface area contributed by atoms with E-state index in [4.69, 9.17) is 63.5 Å². The Hall–Kier alpha value is -15.1. The predicted octanol–water partition coefficient (Wildman–Crippen LogP) is 20.7. The number of fused-ring (bicyclic) bond motifs is 4. The quantitative estimate of drug-likeness (QED) is 0.0381. The fourth-order valence-corrected chi connectivity index (χ4v) is 15.5. The Morgan fingerprint density at radius 1 is 0.350 bits per heavy atom. The van der Waals surface area contributed by atoms with E-state index in [2.05, 4.69) is 182 Å². The molecular weight excluding hydrogens is 1640 g/mol. The number of nitrogens with one attached hydrogen (secondary N) is 5. The fraction of sp³-hybridized carbons (Fsp3) is 0.0556. The molecule has 0 bridgehead atoms. The molecule has 0 atom stereocenters. The van der Waals surface area contributed by atoms with Gasteiger partial charge in [-0.15, -0.1) is 0 Å². The molecule has 0 aliphatic carbocycles. The molecule has 6 aromatic carbocycles. The van der Waals surface area contributed by atoms with Gasteiger partial charge in [0, 0.05) is 202 Å². The van der Waals surface area contributed by atoms with Gasteiger partial charge < -0.3 is 69.0 Å². The van der Waals surface area contributed by atoms with Gasteiger partial charge in [-0.05, 0) is 203 Å². The second kappa shape index (κ2) is 38.8. The Labute approximate surface area is 729 Å². The van der Waals surface area contributed by atoms with E-state index in [0.29, 0.717) is 49.9 Å². The van der Waals surface area contributed by atoms with Crippen molar-refractivity contribution in [1.29, 1.82) is 0 Å². The van der Waals surface area contributed by atoms with Gasteiger partial charge in [-0.3, -0.25) is 24.9 Å². The van der Waals surface area contributed by atoms with Crippen LogP contribution in [0.15, 0.2) is 312 Å². The van der Waals surface area contributed by atoms with Gasteiger partial charge in [0.15, 0.2) is 5.82 Å². The van der Waals surface area contributed by atoms with Gasteiger partial charge in [-0.1, -0.05) is 83.4 Å². The number of aryl methyl sites for hydroxylation is 4. The highest BCUT2D eigenvalue weighted by Crippen LogP contribution is 2.42. The Kier molecular flexibility index (Phi) is 26.2. The van der Waals surface area contributed by atoms with E-state index in [0.717, 1.165) is 127 Å². The molecule has 0 amide bonds. The van der Waals surface area contributed by atoms with Crippen LogP contribution in [0.3, 0.4) is 0 Å². The number of halogens is 3. The highest BCUT2D eigenvalue weighted by atomic mass is 35.5. The third-order valence-electron chi connectivity index (χ3n) is 18.4. The number of benzene rings is 6. The molecule has 610 valence electrons. The Bertz CT molecular complexity index is 6830. The first kappa shape index (κ1) is 83.0. The molecule has 0 aliphatic heterocycles. The molecule has 19 aromatic rings. The SMILES string of the molecule is CCc1cc(Nc2ccc3c(ccn3-c3ccncc3)c2)nc(N)n1.Cc1cc(Nc2cc(Cl)c(Sc3ccncc3)c(Cl)c2)nc(N)n1.Cc1cc(Nc2ccc(Sc3ccnc4ccccc34)cc2)nc(N)n1.Cc1nc(N)nc(Nc2ccc3c(ccn3-c3ccncc3)c2)c1Cl.Nc1nccc(Nc2ccc3c(ccn3-c3ccncc3)c2)n1. The van der Waals surface area contributed by atoms with Crippen molar-refractivity contribution in [3.8, 4) is 17.1 Å². The molecule has 123 heavy (non-hydrogen) atoms. The summed E-state index contributed by atoms with van der Waals surface area (Å²) >= 11 is 22.3. The van der Waals surface area contributed by atoms with Crippen LogP contribution in [-0.4, -0.2) is 88.5 Å². The average molecular weight is 1720 g/mol. The summed E-state index contributed by atoms with van der Waals surface area (Å²) in [5, 5.41) is 22.2. The lowest BCUT2D eigenvalue weighted by molar-refractivity contribution is 1.01. The number of nitrogens with two attached hydrogens (primary N) is 5. The largest absolute Gasteiger partial charge is 0.368 e. The summed E-state index contributed by atoms with van der Waals surface area (Å²) in [6, 6.07) is 69.7. The van der Waals surface area contributed by atoms with Crippen LogP contribution in [-0.2, 0) is 6.42 Å². The van der Waals surface area contributed by atoms with Crippen LogP contribution in [0.4, 0.5) is 87.3 Å². The summed E-state index contributed by atoms with van der Waals surface area (Å²) in [6.07, 6.45) is 24.6. The van der Waals surface area contributed by atoms with Crippen LogP contribution in [0.5, 0.6) is 0 Å². The minimum Gasteiger partial charge on any atom is -0.368 e. The number of para-hydroxylation sites is 1. The zero-order chi connectivity index (χ0) is 85.3. The zero-order valence-electron chi connectivity index (χ0n) is 66.3. The first-order valence-corrected chi connectivity index (χ1v) is 40.9. The standard InChI is InChI=1S/C20H17N5S.C19H18N6.C18H15ClN6.C17H14N6.C16H13Cl2N5S/c1-13-12-19(25-20(21)23-13)24-14-6-8-15(9-7-14)26-18-10-11-22-17-5-3-2-4-16(17)18;1-2-14-12-18(24-19(20)23-14)22-15-3-4-17-13(11-15)7-10-25(17)16-5-8-21-9-6-16;1-11-16(19)17(24-18(20)22-11)23-13-2-3-15-12(10-13)6-9-25(15)14-4-7-21-8-5-14;18-17-20-9-5-16(22-17)21-13-1-2-15-12(11-13)6-10-23(15)14-3-7-19-8-4-14;1-9-6-14(23-16(19)21-9)22-10-7-12(17)15(13(18)8-10)24-11-2-4-20-5-3-11/h2-12H,1H3,(H3,21,23,24,25);3-12H,2H2,1H3,(H3,20,22,23,24);2-10H,1H3,(H3,20,22,23,24);1-11H,(H3,18,20,21,22);2-8H,1H3,(H3,19,21,22,23). The minimum absolute atomic E-state index is 0.189. The van der Waals surface area contributed by atoms with Crippen LogP contribution in [0.1, 0.15) is 29.7 Å². The summed E-state index contributed by atoms with van der Waals surface area (Å²) in [5.41, 5.74) is 43.7. The topological polar surface area (TPSA) is 398 Å². The Morgan fingerprint density at radius 3 is 1.29 bits per heavy atom. The highest BCUT2D eigenvalue weighted by Gasteiger charge is 2.16. The Morgan fingerprint density at radius 2 is 0.780 bits per heavy atom. The third kappa shape index (κ3) is 21.5. The number of rotatable bonds is 18. The molecule has 0 unspecified atom stereocenters. The van der Waals surface area contributed by atoms with Gasteiger partial charge in [0.1, 0.15) is 28.3 Å². The van der Waals surface area contributed by atoms with Gasteiger partial charge >= 0.3 is 0 Å². The van der Waals surface area contributed by atoms with E-state index in [1.54, 1.807) is 98.7 Å². The van der Waals surface area contributed by atoms with Crippen LogP contribution in [0.2, 0.25) is 15.1 Å². The lowest BCUT2D eigenvalue weighted by Gasteiger charge is -2.11. The number of hydrogen-bond donors (Lipinski definition) is 10. The average Bonchev–Trinajstić information content (AvgIpc) is 1.67. The number of hydrogen-bond acceptors (Lipinski definition) is 27. The van der Waals surface area contributed by atoms with E-state index in [1.165, 1.54) is 16.7 Å². The first-order chi connectivity index (χ1) is 59.8. The molecule has 0 aliphatic rings. The van der Waals surface area contributed by atoms with Crippen molar-refractivity contribution in [3.05, 3.63) is 331 Å². The zero-order valence-corrected chi connectivity index (χ0v) is 70.2. The molecule has 0 spiro atoms. The molecule has 33 heteroatoms. The maximum Gasteiger partial charge on any atom is 0.222 e. The first-order valence-electron chi connectivity index (χ1n) is 38.1. The summed E-state index contributed by atoms with van der Waals surface area (Å²) < 4.78 is 6.38. The predicted molar refractivity (Wildman–Crippen MR) is 498 cm³/mol. The van der Waals surface area contributed by atoms with Crippen LogP contribution in [0, 0.1) is 20.8 Å². The molecule has 13 aromatic heterocycles. The molecule has 0 saturated carbocycles. The highest BCUT2D eigenvalue weighted by molar-refractivity contribution is 7.99. The van der Waals surface area contributed by atoms with Crippen LogP contribution >= 0.6 is 58.3 Å². The van der Waals surface area contributed by atoms with E-state index in [1.807, 2.05) is 167 Å². The van der Waals surface area contributed by atoms with Crippen molar-refractivity contribution >= 4 is 189 Å². The maximum absolute atomic E-state index is 6.39. The minimum atomic E-state index is 0.189. The van der Waals surface area contributed by atoms with Gasteiger partial charge in [0.25, 0.3) is 0 Å². The monoisotopic (exact) mass is 1720 g/mol. The molecule has 0 saturated heterocycles. The number of nitrogen functional groups attached to an aromatic ring is 5. The van der Waals surface area contributed by atoms with Crippen LogP contribution < -0.4 is 55.3 Å². The molecule has 0 radical (unpaired) electrons. The van der Waals surface area contributed by atoms with Crippen molar-refractivity contribution in [1.82, 2.24) is 88.5 Å². The number of nitrogens with zero attached hydrogens (tertiary/aromatic N) is 18. The lowest BCUT2D eigenvalue weighted by Crippen LogP contribution is -2.03. The Balaban J connectivity index is 0.000000119. The van der Waals surface area contributed by atoms with Crippen molar-refractivity contribution in [2.24, 2.45) is 0 Å². The van der Waals surface area contributed by atoms with Gasteiger partial charge in [-0.25, -0.2) is 24.9 Å². The van der Waals surface area contributed by atoms with Gasteiger partial charge in [0.05, 0.1) is 37.8 Å². The molecule has 15 N–H and O–H groups in total. The second-order valence-corrected chi connectivity index (χ2v) is 30.6. The van der Waals surface area contributed by atoms with Crippen molar-refractivity contribution < 1.29 is 0 Å². The summed E-state index contributed by atoms with van der Waals surface area (Å²) in [4.78, 5) is 65.9. The molecular formula is C90H77Cl3N28S2. The van der Waals surface area contributed by atoms with E-state index in [9.17, 15) is 0 Å².